The third-order valence-electron chi connectivity index (χ3n) is 3.98. The number of phenols is 1. The lowest BCUT2D eigenvalue weighted by Crippen LogP contribution is -2.51. The molecule has 2 rings (SSSR count). The van der Waals surface area contributed by atoms with Gasteiger partial charge in [0.1, 0.15) is 5.92 Å². The van der Waals surface area contributed by atoms with Crippen LogP contribution in [-0.2, 0) is 9.53 Å². The van der Waals surface area contributed by atoms with Crippen molar-refractivity contribution in [2.45, 2.75) is 32.4 Å². The summed E-state index contributed by atoms with van der Waals surface area (Å²) in [6, 6.07) is 3.51. The Kier molecular flexibility index (Phi) is 5.33. The number of aromatic hydroxyl groups is 1. The molecule has 2 amide bonds. The molecule has 3 unspecified atom stereocenters. The average Bonchev–Trinajstić information content (AvgIpc) is 2.54. The van der Waals surface area contributed by atoms with E-state index in [-0.39, 0.29) is 23.3 Å². The van der Waals surface area contributed by atoms with Gasteiger partial charge < -0.3 is 25.2 Å². The van der Waals surface area contributed by atoms with Gasteiger partial charge in [0.15, 0.2) is 11.5 Å². The quantitative estimate of drug-likeness (QED) is 0.718. The number of carbonyl (C=O) groups excluding carboxylic acids is 2. The van der Waals surface area contributed by atoms with Gasteiger partial charge in [0.05, 0.1) is 19.3 Å². The summed E-state index contributed by atoms with van der Waals surface area (Å²) in [6.45, 7) is 7.50. The van der Waals surface area contributed by atoms with E-state index >= 15 is 0 Å². The molecule has 1 aromatic rings. The minimum atomic E-state index is -0.786. The molecule has 1 heterocycles. The Hall–Kier alpha value is -2.70. The summed E-state index contributed by atoms with van der Waals surface area (Å²) in [7, 11) is 1.42. The van der Waals surface area contributed by atoms with Crippen LogP contribution < -0.4 is 15.4 Å². The molecule has 0 aromatic heterocycles. The Morgan fingerprint density at radius 3 is 2.79 bits per heavy atom. The van der Waals surface area contributed by atoms with Crippen LogP contribution in [0.25, 0.3) is 0 Å². The molecule has 0 spiro atoms. The van der Waals surface area contributed by atoms with Crippen molar-refractivity contribution in [3.63, 3.8) is 0 Å². The summed E-state index contributed by atoms with van der Waals surface area (Å²) >= 11 is 0. The molecule has 0 saturated carbocycles. The number of amides is 2. The second kappa shape index (κ2) is 7.25. The maximum absolute atomic E-state index is 12.5. The van der Waals surface area contributed by atoms with E-state index in [1.807, 2.05) is 6.92 Å². The highest BCUT2D eigenvalue weighted by Gasteiger charge is 2.39. The number of carbonyl (C=O) groups is 2. The number of methoxy groups -OCH3 is 1. The minimum Gasteiger partial charge on any atom is -0.504 e. The van der Waals surface area contributed by atoms with E-state index in [0.717, 1.165) is 0 Å². The molecule has 1 aliphatic heterocycles. The third-order valence-corrected chi connectivity index (χ3v) is 3.98. The molecular weight excluding hydrogens is 312 g/mol. The topological polar surface area (TPSA) is 96.9 Å². The fourth-order valence-electron chi connectivity index (χ4n) is 2.48. The molecule has 0 radical (unpaired) electrons. The Bertz CT molecular complexity index is 658. The standard InChI is InChI=1S/C17H22N2O5/c1-5-9(2)24-16(21)14-10(3)18-17(22)19-15(14)11-6-7-12(20)13(8-11)23-4/h6-9,14-15,20H,3,5H2,1-2,4H3,(H2,18,19,22). The number of esters is 1. The number of rotatable bonds is 5. The first kappa shape index (κ1) is 17.7. The third kappa shape index (κ3) is 3.61. The molecule has 0 bridgehead atoms. The number of hydrogen-bond donors (Lipinski definition) is 3. The second-order valence-corrected chi connectivity index (χ2v) is 5.67. The zero-order valence-electron chi connectivity index (χ0n) is 14.0. The van der Waals surface area contributed by atoms with Crippen molar-refractivity contribution in [1.82, 2.24) is 10.6 Å². The van der Waals surface area contributed by atoms with Crippen molar-refractivity contribution >= 4 is 12.0 Å². The molecule has 3 N–H and O–H groups in total. The van der Waals surface area contributed by atoms with Crippen molar-refractivity contribution in [1.29, 1.82) is 0 Å². The smallest absolute Gasteiger partial charge is 0.319 e. The predicted molar refractivity (Wildman–Crippen MR) is 87.5 cm³/mol. The van der Waals surface area contributed by atoms with Crippen molar-refractivity contribution in [2.24, 2.45) is 5.92 Å². The van der Waals surface area contributed by atoms with Gasteiger partial charge in [-0.1, -0.05) is 19.6 Å². The lowest BCUT2D eigenvalue weighted by atomic mass is 9.89. The van der Waals surface area contributed by atoms with Gasteiger partial charge in [-0.2, -0.15) is 0 Å². The van der Waals surface area contributed by atoms with Crippen LogP contribution in [0.15, 0.2) is 30.5 Å². The highest BCUT2D eigenvalue weighted by molar-refractivity contribution is 5.85. The van der Waals surface area contributed by atoms with Crippen molar-refractivity contribution in [2.75, 3.05) is 7.11 Å². The Morgan fingerprint density at radius 1 is 1.46 bits per heavy atom. The molecular formula is C17H22N2O5. The average molecular weight is 334 g/mol. The van der Waals surface area contributed by atoms with Gasteiger partial charge in [-0.05, 0) is 31.0 Å². The van der Waals surface area contributed by atoms with Crippen LogP contribution in [0.2, 0.25) is 0 Å². The van der Waals surface area contributed by atoms with E-state index in [1.165, 1.54) is 13.2 Å². The van der Waals surface area contributed by atoms with Crippen LogP contribution in [0.3, 0.4) is 0 Å². The molecule has 0 aliphatic carbocycles. The molecule has 3 atom stereocenters. The number of ether oxygens (including phenoxy) is 2. The van der Waals surface area contributed by atoms with Gasteiger partial charge in [0.2, 0.25) is 0 Å². The molecule has 130 valence electrons. The first-order valence-corrected chi connectivity index (χ1v) is 7.71. The van der Waals surface area contributed by atoms with E-state index in [4.69, 9.17) is 9.47 Å². The van der Waals surface area contributed by atoms with Gasteiger partial charge in [-0.25, -0.2) is 4.79 Å². The van der Waals surface area contributed by atoms with Crippen LogP contribution in [-0.4, -0.2) is 30.3 Å². The number of phenolic OH excluding ortho intramolecular Hbond substituents is 1. The Labute approximate surface area is 140 Å². The van der Waals surface area contributed by atoms with Gasteiger partial charge in [-0.15, -0.1) is 0 Å². The normalized spacial score (nSPS) is 21.5. The summed E-state index contributed by atoms with van der Waals surface area (Å²) in [6.07, 6.45) is 0.445. The number of benzene rings is 1. The Balaban J connectivity index is 2.36. The van der Waals surface area contributed by atoms with E-state index < -0.39 is 24.0 Å². The lowest BCUT2D eigenvalue weighted by Gasteiger charge is -2.34. The number of nitrogens with one attached hydrogen (secondary N) is 2. The Morgan fingerprint density at radius 2 is 2.17 bits per heavy atom. The summed E-state index contributed by atoms with van der Waals surface area (Å²) in [5.74, 6) is -1.04. The van der Waals surface area contributed by atoms with Crippen LogP contribution in [0.4, 0.5) is 4.79 Å². The lowest BCUT2D eigenvalue weighted by molar-refractivity contribution is -0.153. The van der Waals surface area contributed by atoms with E-state index in [2.05, 4.69) is 17.2 Å². The highest BCUT2D eigenvalue weighted by Crippen LogP contribution is 2.35. The first-order chi connectivity index (χ1) is 11.4. The van der Waals surface area contributed by atoms with E-state index in [1.54, 1.807) is 19.1 Å². The number of urea groups is 1. The maximum atomic E-state index is 12.5. The van der Waals surface area contributed by atoms with Gasteiger partial charge in [0, 0.05) is 5.70 Å². The van der Waals surface area contributed by atoms with Crippen molar-refractivity contribution < 1.29 is 24.2 Å². The van der Waals surface area contributed by atoms with Crippen molar-refractivity contribution in [3.8, 4) is 11.5 Å². The zero-order chi connectivity index (χ0) is 17.9. The SMILES string of the molecule is C=C1NC(=O)NC(c2ccc(O)c(OC)c2)C1C(=O)OC(C)CC. The molecule has 1 aromatic carbocycles. The summed E-state index contributed by atoms with van der Waals surface area (Å²) in [5.41, 5.74) is 0.871. The minimum absolute atomic E-state index is 0.0286. The van der Waals surface area contributed by atoms with E-state index in [0.29, 0.717) is 12.0 Å². The highest BCUT2D eigenvalue weighted by atomic mass is 16.5. The summed E-state index contributed by atoms with van der Waals surface area (Å²) < 4.78 is 10.5. The van der Waals surface area contributed by atoms with Crippen molar-refractivity contribution in [3.05, 3.63) is 36.0 Å². The molecule has 1 fully saturated rings. The summed E-state index contributed by atoms with van der Waals surface area (Å²) in [4.78, 5) is 24.3. The predicted octanol–water partition coefficient (Wildman–Crippen LogP) is 2.23. The molecule has 1 aliphatic rings. The maximum Gasteiger partial charge on any atom is 0.319 e. The first-order valence-electron chi connectivity index (χ1n) is 7.71. The summed E-state index contributed by atoms with van der Waals surface area (Å²) in [5, 5.41) is 15.0. The van der Waals surface area contributed by atoms with Crippen LogP contribution >= 0.6 is 0 Å². The van der Waals surface area contributed by atoms with Gasteiger partial charge >= 0.3 is 12.0 Å². The largest absolute Gasteiger partial charge is 0.504 e. The second-order valence-electron chi connectivity index (χ2n) is 5.67. The monoisotopic (exact) mass is 334 g/mol. The molecule has 7 nitrogen and oxygen atoms in total. The molecule has 1 saturated heterocycles. The fourth-order valence-corrected chi connectivity index (χ4v) is 2.48. The fraction of sp³-hybridized carbons (Fsp3) is 0.412. The van der Waals surface area contributed by atoms with Gasteiger partial charge in [0.25, 0.3) is 0 Å². The van der Waals surface area contributed by atoms with Crippen LogP contribution in [0, 0.1) is 5.92 Å². The van der Waals surface area contributed by atoms with E-state index in [9.17, 15) is 14.7 Å². The zero-order valence-corrected chi connectivity index (χ0v) is 14.0. The van der Waals surface area contributed by atoms with Crippen LogP contribution in [0.1, 0.15) is 31.9 Å². The van der Waals surface area contributed by atoms with Gasteiger partial charge in [-0.3, -0.25) is 4.79 Å². The molecule has 24 heavy (non-hydrogen) atoms. The molecule has 7 heteroatoms. The van der Waals surface area contributed by atoms with Crippen LogP contribution in [0.5, 0.6) is 11.5 Å². The number of hydrogen-bond acceptors (Lipinski definition) is 5.